The van der Waals surface area contributed by atoms with Gasteiger partial charge in [-0.3, -0.25) is 4.79 Å². The zero-order valence-electron chi connectivity index (χ0n) is 17.4. The van der Waals surface area contributed by atoms with Gasteiger partial charge in [0.2, 0.25) is 5.88 Å². The van der Waals surface area contributed by atoms with Crippen molar-refractivity contribution in [3.63, 3.8) is 0 Å². The number of allylic oxidation sites excluding steroid dienone is 4. The monoisotopic (exact) mass is 471 g/mol. The van der Waals surface area contributed by atoms with E-state index in [1.54, 1.807) is 44.2 Å². The Balaban J connectivity index is 1.70. The van der Waals surface area contributed by atoms with E-state index in [1.807, 2.05) is 0 Å². The predicted octanol–water partition coefficient (Wildman–Crippen LogP) is 4.97. The van der Waals surface area contributed by atoms with E-state index in [0.717, 1.165) is 16.3 Å². The van der Waals surface area contributed by atoms with E-state index in [2.05, 4.69) is 10.4 Å². The van der Waals surface area contributed by atoms with Gasteiger partial charge in [0.15, 0.2) is 12.3 Å². The number of alkyl halides is 4. The van der Waals surface area contributed by atoms with Crippen molar-refractivity contribution in [2.45, 2.75) is 43.8 Å². The number of ether oxygens (including phenoxy) is 1. The number of hydrogen-bond acceptors (Lipinski definition) is 3. The molecule has 0 saturated heterocycles. The summed E-state index contributed by atoms with van der Waals surface area (Å²) in [6.07, 6.45) is 1.15. The molecular weight excluding hydrogens is 450 g/mol. The van der Waals surface area contributed by atoms with Gasteiger partial charge in [-0.05, 0) is 50.5 Å². The number of hydrogen-bond donors (Lipinski definition) is 1. The second-order valence-electron chi connectivity index (χ2n) is 8.02. The van der Waals surface area contributed by atoms with Crippen LogP contribution in [-0.2, 0) is 17.4 Å². The van der Waals surface area contributed by atoms with Crippen LogP contribution in [-0.4, -0.2) is 33.2 Å². The van der Waals surface area contributed by atoms with Gasteiger partial charge in [-0.2, -0.15) is 18.3 Å². The molecule has 0 spiro atoms. The largest absolute Gasteiger partial charge is 0.467 e. The molecule has 32 heavy (non-hydrogen) atoms. The molecule has 10 heteroatoms. The third kappa shape index (κ3) is 6.12. The summed E-state index contributed by atoms with van der Waals surface area (Å²) in [6, 6.07) is 6.63. The van der Waals surface area contributed by atoms with E-state index in [9.17, 15) is 22.4 Å². The van der Waals surface area contributed by atoms with Crippen LogP contribution in [0, 0.1) is 5.82 Å². The van der Waals surface area contributed by atoms with E-state index in [4.69, 9.17) is 16.3 Å². The summed E-state index contributed by atoms with van der Waals surface area (Å²) in [5.74, 6) is -1.13. The van der Waals surface area contributed by atoms with E-state index < -0.39 is 35.3 Å². The number of carbonyl (C=O) groups is 1. The van der Waals surface area contributed by atoms with Crippen LogP contribution in [0.3, 0.4) is 0 Å². The molecule has 0 saturated carbocycles. The van der Waals surface area contributed by atoms with Crippen molar-refractivity contribution in [1.29, 1.82) is 0 Å². The summed E-state index contributed by atoms with van der Waals surface area (Å²) in [5.41, 5.74) is -0.718. The summed E-state index contributed by atoms with van der Waals surface area (Å²) in [5, 5.41) is 5.77. The van der Waals surface area contributed by atoms with E-state index >= 15 is 0 Å². The molecule has 1 N–H and O–H groups in total. The molecule has 1 aromatic carbocycles. The van der Waals surface area contributed by atoms with Crippen molar-refractivity contribution in [3.8, 4) is 5.88 Å². The normalized spacial score (nSPS) is 16.6. The molecule has 0 radical (unpaired) electrons. The van der Waals surface area contributed by atoms with Gasteiger partial charge in [0, 0.05) is 11.6 Å². The molecule has 172 valence electrons. The fourth-order valence-electron chi connectivity index (χ4n) is 3.29. The van der Waals surface area contributed by atoms with Crippen LogP contribution in [0.4, 0.5) is 17.6 Å². The van der Waals surface area contributed by atoms with Gasteiger partial charge in [0.05, 0.1) is 11.1 Å². The third-order valence-electron chi connectivity index (χ3n) is 4.67. The number of nitrogens with one attached hydrogen (secondary N) is 1. The lowest BCUT2D eigenvalue weighted by molar-refractivity contribution is -0.141. The zero-order chi connectivity index (χ0) is 23.5. The highest BCUT2D eigenvalue weighted by atomic mass is 35.5. The number of aromatic nitrogens is 2. The first-order valence-corrected chi connectivity index (χ1v) is 10.2. The Bertz CT molecular complexity index is 1030. The number of amides is 1. The molecule has 0 fully saturated rings. The van der Waals surface area contributed by atoms with Gasteiger partial charge in [-0.15, -0.1) is 11.6 Å². The van der Waals surface area contributed by atoms with Gasteiger partial charge in [0.1, 0.15) is 5.82 Å². The second-order valence-corrected chi connectivity index (χ2v) is 8.55. The van der Waals surface area contributed by atoms with E-state index in [0.29, 0.717) is 18.5 Å². The molecule has 1 unspecified atom stereocenters. The van der Waals surface area contributed by atoms with Crippen molar-refractivity contribution in [3.05, 3.63) is 65.6 Å². The molecule has 1 aliphatic rings. The average molecular weight is 472 g/mol. The average Bonchev–Trinajstić information content (AvgIpc) is 3.12. The summed E-state index contributed by atoms with van der Waals surface area (Å²) in [7, 11) is 0. The minimum absolute atomic E-state index is 0.240. The van der Waals surface area contributed by atoms with Crippen molar-refractivity contribution in [1.82, 2.24) is 15.1 Å². The SMILES string of the molecule is CC(C)(Cc1ccc(F)cc1)NC(=O)COc1cc(C(F)(F)F)nn1C1=CC=CCC1Cl. The maximum absolute atomic E-state index is 13.2. The van der Waals surface area contributed by atoms with Crippen molar-refractivity contribution in [2.75, 3.05) is 6.61 Å². The van der Waals surface area contributed by atoms with E-state index in [-0.39, 0.29) is 11.7 Å². The summed E-state index contributed by atoms with van der Waals surface area (Å²) < 4.78 is 59.0. The Kier molecular flexibility index (Phi) is 6.97. The highest BCUT2D eigenvalue weighted by Gasteiger charge is 2.36. The first-order valence-electron chi connectivity index (χ1n) is 9.81. The van der Waals surface area contributed by atoms with Crippen LogP contribution in [0.2, 0.25) is 0 Å². The van der Waals surface area contributed by atoms with E-state index in [1.165, 1.54) is 12.1 Å². The molecular formula is C22H22ClF4N3O2. The van der Waals surface area contributed by atoms with Gasteiger partial charge in [-0.25, -0.2) is 9.07 Å². The first kappa shape index (κ1) is 23.8. The van der Waals surface area contributed by atoms with Gasteiger partial charge in [-0.1, -0.05) is 24.3 Å². The maximum Gasteiger partial charge on any atom is 0.435 e. The Morgan fingerprint density at radius 1 is 1.28 bits per heavy atom. The first-order chi connectivity index (χ1) is 14.9. The standard InChI is InChI=1S/C22H22ClF4N3O2/c1-21(2,12-14-7-9-15(24)10-8-14)28-19(31)13-32-20-11-18(22(25,26)27)29-30(20)17-6-4-3-5-16(17)23/h3-4,6-11,16H,5,12-13H2,1-2H3,(H,28,31). The predicted molar refractivity (Wildman–Crippen MR) is 113 cm³/mol. The van der Waals surface area contributed by atoms with Crippen LogP contribution in [0.25, 0.3) is 5.70 Å². The van der Waals surface area contributed by atoms with Crippen LogP contribution in [0.1, 0.15) is 31.5 Å². The Morgan fingerprint density at radius 3 is 2.59 bits per heavy atom. The maximum atomic E-state index is 13.2. The van der Waals surface area contributed by atoms with Crippen LogP contribution < -0.4 is 10.1 Å². The van der Waals surface area contributed by atoms with Gasteiger partial charge >= 0.3 is 6.18 Å². The number of carbonyl (C=O) groups excluding carboxylic acids is 1. The van der Waals surface area contributed by atoms with Crippen LogP contribution in [0.15, 0.2) is 48.6 Å². The van der Waals surface area contributed by atoms with Crippen LogP contribution >= 0.6 is 11.6 Å². The summed E-state index contributed by atoms with van der Waals surface area (Å²) in [4.78, 5) is 12.4. The fraction of sp³-hybridized carbons (Fsp3) is 0.364. The molecule has 1 atom stereocenters. The zero-order valence-corrected chi connectivity index (χ0v) is 18.2. The van der Waals surface area contributed by atoms with Crippen molar-refractivity contribution >= 4 is 23.2 Å². The Hall–Kier alpha value is -2.81. The second kappa shape index (κ2) is 9.36. The molecule has 1 aromatic heterocycles. The number of benzene rings is 1. The minimum atomic E-state index is -4.68. The Morgan fingerprint density at radius 2 is 1.97 bits per heavy atom. The topological polar surface area (TPSA) is 56.1 Å². The summed E-state index contributed by atoms with van der Waals surface area (Å²) in [6.45, 7) is 3.03. The number of rotatable bonds is 7. The number of nitrogens with zero attached hydrogens (tertiary/aromatic N) is 2. The van der Waals surface area contributed by atoms with Crippen LogP contribution in [0.5, 0.6) is 5.88 Å². The fourth-order valence-corrected chi connectivity index (χ4v) is 3.56. The third-order valence-corrected chi connectivity index (χ3v) is 5.07. The molecule has 0 bridgehead atoms. The molecule has 0 aliphatic heterocycles. The number of halogens is 5. The quantitative estimate of drug-likeness (QED) is 0.458. The Labute approximate surface area is 187 Å². The molecule has 1 heterocycles. The lowest BCUT2D eigenvalue weighted by atomic mass is 9.95. The molecule has 1 aliphatic carbocycles. The molecule has 2 aromatic rings. The lowest BCUT2D eigenvalue weighted by Crippen LogP contribution is -2.47. The molecule has 1 amide bonds. The smallest absolute Gasteiger partial charge is 0.435 e. The van der Waals surface area contributed by atoms with Gasteiger partial charge < -0.3 is 10.1 Å². The molecule has 5 nitrogen and oxygen atoms in total. The highest BCUT2D eigenvalue weighted by molar-refractivity contribution is 6.25. The minimum Gasteiger partial charge on any atom is -0.467 e. The lowest BCUT2D eigenvalue weighted by Gasteiger charge is -2.26. The van der Waals surface area contributed by atoms with Gasteiger partial charge in [0.25, 0.3) is 5.91 Å². The highest BCUT2D eigenvalue weighted by Crippen LogP contribution is 2.34. The summed E-state index contributed by atoms with van der Waals surface area (Å²) >= 11 is 6.23. The van der Waals surface area contributed by atoms with Crippen molar-refractivity contribution < 1.29 is 27.1 Å². The molecule has 3 rings (SSSR count). The van der Waals surface area contributed by atoms with Crippen molar-refractivity contribution in [2.24, 2.45) is 0 Å².